The largest absolute Gasteiger partial charge is 0.462 e. The first-order valence-corrected chi connectivity index (χ1v) is 17.8. The molecule has 4 aromatic carbocycles. The number of nitrogens with one attached hydrogen (secondary N) is 2. The first-order valence-electron chi connectivity index (χ1n) is 17.8. The third-order valence-corrected chi connectivity index (χ3v) is 9.59. The van der Waals surface area contributed by atoms with Gasteiger partial charge in [0.2, 0.25) is 0 Å². The second kappa shape index (κ2) is 15.0. The van der Waals surface area contributed by atoms with Crippen molar-refractivity contribution in [1.29, 1.82) is 0 Å². The molecular formula is C41H42N6O4. The summed E-state index contributed by atoms with van der Waals surface area (Å²) in [6.07, 6.45) is 4.49. The maximum Gasteiger partial charge on any atom is 0.338 e. The third kappa shape index (κ3) is 7.12. The molecule has 6 aromatic rings. The standard InChI is InChI=1S/C21H21N3O3.C20H21N3O/c1-2-27-21(26)15-9-6-14(7-10-15)8-11-18-23-17-5-3-4-16-19(17)24(18)13-12-22-20(16)25;1-2-14-6-8-15(9-7-14)10-11-18-22-17-5-3-4-16-19(17)23(18)13-12-21-20(16)24/h3-7,9-10H,2,8,11-13H2,1H3,(H,22,25);3-9H,2,10-13H2,1H3,(H,21,24). The highest BCUT2D eigenvalue weighted by atomic mass is 16.5. The fourth-order valence-corrected chi connectivity index (χ4v) is 6.93. The van der Waals surface area contributed by atoms with Gasteiger partial charge < -0.3 is 24.5 Å². The Morgan fingerprint density at radius 3 is 1.59 bits per heavy atom. The molecule has 0 spiro atoms. The monoisotopic (exact) mass is 682 g/mol. The highest BCUT2D eigenvalue weighted by Gasteiger charge is 2.22. The average Bonchev–Trinajstić information content (AvgIpc) is 3.58. The van der Waals surface area contributed by atoms with Crippen LogP contribution >= 0.6 is 0 Å². The molecular weight excluding hydrogens is 640 g/mol. The molecule has 2 amide bonds. The highest BCUT2D eigenvalue weighted by molar-refractivity contribution is 6.06. The molecule has 260 valence electrons. The Bertz CT molecular complexity index is 2220. The molecule has 0 saturated carbocycles. The van der Waals surface area contributed by atoms with Gasteiger partial charge in [-0.15, -0.1) is 0 Å². The zero-order chi connectivity index (χ0) is 35.3. The minimum Gasteiger partial charge on any atom is -0.462 e. The Hall–Kier alpha value is -5.77. The van der Waals surface area contributed by atoms with E-state index in [4.69, 9.17) is 14.7 Å². The number of carbonyl (C=O) groups is 3. The molecule has 2 aliphatic rings. The van der Waals surface area contributed by atoms with Crippen LogP contribution in [0, 0.1) is 0 Å². The minimum absolute atomic E-state index is 0.000884. The van der Waals surface area contributed by atoms with Gasteiger partial charge in [0, 0.05) is 39.0 Å². The van der Waals surface area contributed by atoms with Gasteiger partial charge in [-0.3, -0.25) is 9.59 Å². The molecule has 4 heterocycles. The summed E-state index contributed by atoms with van der Waals surface area (Å²) in [5, 5.41) is 5.90. The molecule has 0 unspecified atom stereocenters. The summed E-state index contributed by atoms with van der Waals surface area (Å²) in [7, 11) is 0. The van der Waals surface area contributed by atoms with E-state index in [1.54, 1.807) is 19.1 Å². The van der Waals surface area contributed by atoms with Crippen molar-refractivity contribution in [1.82, 2.24) is 29.7 Å². The van der Waals surface area contributed by atoms with E-state index in [-0.39, 0.29) is 17.8 Å². The van der Waals surface area contributed by atoms with E-state index in [2.05, 4.69) is 51.0 Å². The van der Waals surface area contributed by atoms with Crippen LogP contribution in [0.1, 0.15) is 73.3 Å². The van der Waals surface area contributed by atoms with E-state index >= 15 is 0 Å². The molecule has 0 fully saturated rings. The second-order valence-electron chi connectivity index (χ2n) is 12.8. The number of imidazole rings is 2. The number of rotatable bonds is 9. The molecule has 10 heteroatoms. The van der Waals surface area contributed by atoms with Gasteiger partial charge >= 0.3 is 5.97 Å². The summed E-state index contributed by atoms with van der Waals surface area (Å²) in [5.74, 6) is 1.70. The molecule has 0 bridgehead atoms. The Morgan fingerprint density at radius 2 is 1.12 bits per heavy atom. The van der Waals surface area contributed by atoms with Gasteiger partial charge in [0.05, 0.1) is 45.4 Å². The zero-order valence-electron chi connectivity index (χ0n) is 29.1. The van der Waals surface area contributed by atoms with Crippen LogP contribution in [0.5, 0.6) is 0 Å². The van der Waals surface area contributed by atoms with Gasteiger partial charge in [0.1, 0.15) is 11.6 Å². The Balaban J connectivity index is 0.000000160. The SMILES string of the molecule is CCOC(=O)c1ccc(CCc2nc3cccc4c3n2CCNC4=O)cc1.CCc1ccc(CCc2nc3cccc4c3n2CCNC4=O)cc1. The Labute approximate surface area is 296 Å². The van der Waals surface area contributed by atoms with Crippen molar-refractivity contribution in [2.75, 3.05) is 19.7 Å². The lowest BCUT2D eigenvalue weighted by atomic mass is 10.1. The van der Waals surface area contributed by atoms with Gasteiger partial charge in [-0.1, -0.05) is 55.5 Å². The van der Waals surface area contributed by atoms with Crippen molar-refractivity contribution in [2.45, 2.75) is 59.0 Å². The molecule has 2 N–H and O–H groups in total. The number of amides is 2. The summed E-state index contributed by atoms with van der Waals surface area (Å²) < 4.78 is 9.37. The lowest BCUT2D eigenvalue weighted by Crippen LogP contribution is -2.24. The molecule has 10 nitrogen and oxygen atoms in total. The number of benzene rings is 4. The second-order valence-corrected chi connectivity index (χ2v) is 12.8. The number of aromatic nitrogens is 4. The first kappa shape index (κ1) is 33.7. The van der Waals surface area contributed by atoms with E-state index in [1.165, 1.54) is 11.1 Å². The van der Waals surface area contributed by atoms with Crippen molar-refractivity contribution in [3.8, 4) is 0 Å². The van der Waals surface area contributed by atoms with Crippen molar-refractivity contribution in [3.05, 3.63) is 130 Å². The summed E-state index contributed by atoms with van der Waals surface area (Å²) in [4.78, 5) is 45.7. The summed E-state index contributed by atoms with van der Waals surface area (Å²) in [6.45, 7) is 7.09. The molecule has 0 aliphatic carbocycles. The number of nitrogens with zero attached hydrogens (tertiary/aromatic N) is 4. The number of hydrogen-bond donors (Lipinski definition) is 2. The van der Waals surface area contributed by atoms with Crippen molar-refractivity contribution >= 4 is 39.9 Å². The number of carbonyl (C=O) groups excluding carboxylic acids is 3. The predicted octanol–water partition coefficient (Wildman–Crippen LogP) is 5.87. The molecule has 51 heavy (non-hydrogen) atoms. The molecule has 2 aliphatic heterocycles. The lowest BCUT2D eigenvalue weighted by Gasteiger charge is -2.08. The van der Waals surface area contributed by atoms with Gasteiger partial charge in [-0.05, 0) is 79.3 Å². The summed E-state index contributed by atoms with van der Waals surface area (Å²) >= 11 is 0. The van der Waals surface area contributed by atoms with Crippen LogP contribution in [0.25, 0.3) is 22.1 Å². The van der Waals surface area contributed by atoms with E-state index in [9.17, 15) is 14.4 Å². The van der Waals surface area contributed by atoms with Crippen LogP contribution in [-0.2, 0) is 49.9 Å². The molecule has 0 radical (unpaired) electrons. The zero-order valence-corrected chi connectivity index (χ0v) is 29.1. The van der Waals surface area contributed by atoms with Crippen LogP contribution in [0.4, 0.5) is 0 Å². The quantitative estimate of drug-likeness (QED) is 0.184. The van der Waals surface area contributed by atoms with E-state index in [0.29, 0.717) is 30.8 Å². The van der Waals surface area contributed by atoms with Gasteiger partial charge in [0.15, 0.2) is 0 Å². The average molecular weight is 683 g/mol. The van der Waals surface area contributed by atoms with E-state index < -0.39 is 0 Å². The Morgan fingerprint density at radius 1 is 0.647 bits per heavy atom. The highest BCUT2D eigenvalue weighted by Crippen LogP contribution is 2.25. The van der Waals surface area contributed by atoms with Crippen LogP contribution in [0.15, 0.2) is 84.9 Å². The number of hydrogen-bond acceptors (Lipinski definition) is 6. The first-order chi connectivity index (χ1) is 24.9. The smallest absolute Gasteiger partial charge is 0.338 e. The predicted molar refractivity (Wildman–Crippen MR) is 197 cm³/mol. The molecule has 8 rings (SSSR count). The lowest BCUT2D eigenvalue weighted by molar-refractivity contribution is 0.0526. The molecule has 0 atom stereocenters. The fourth-order valence-electron chi connectivity index (χ4n) is 6.93. The number of ether oxygens (including phenoxy) is 1. The van der Waals surface area contributed by atoms with E-state index in [1.807, 2.05) is 48.5 Å². The number of para-hydroxylation sites is 2. The summed E-state index contributed by atoms with van der Waals surface area (Å²) in [6, 6.07) is 27.8. The van der Waals surface area contributed by atoms with Gasteiger partial charge in [0.25, 0.3) is 11.8 Å². The topological polar surface area (TPSA) is 120 Å². The van der Waals surface area contributed by atoms with Crippen LogP contribution in [0.3, 0.4) is 0 Å². The Kier molecular flexibility index (Phi) is 9.92. The van der Waals surface area contributed by atoms with Crippen molar-refractivity contribution in [2.24, 2.45) is 0 Å². The van der Waals surface area contributed by atoms with Crippen LogP contribution < -0.4 is 10.6 Å². The molecule has 0 saturated heterocycles. The third-order valence-electron chi connectivity index (χ3n) is 9.59. The maximum absolute atomic E-state index is 12.2. The maximum atomic E-state index is 12.2. The van der Waals surface area contributed by atoms with Crippen molar-refractivity contribution in [3.63, 3.8) is 0 Å². The minimum atomic E-state index is -0.297. The number of esters is 1. The van der Waals surface area contributed by atoms with E-state index in [0.717, 1.165) is 90.0 Å². The van der Waals surface area contributed by atoms with Gasteiger partial charge in [-0.25, -0.2) is 14.8 Å². The number of aryl methyl sites for hydroxylation is 5. The van der Waals surface area contributed by atoms with Gasteiger partial charge in [-0.2, -0.15) is 0 Å². The summed E-state index contributed by atoms with van der Waals surface area (Å²) in [5.41, 5.74) is 9.47. The molecule has 2 aromatic heterocycles. The normalized spacial score (nSPS) is 13.5. The van der Waals surface area contributed by atoms with Crippen LogP contribution in [0.2, 0.25) is 0 Å². The van der Waals surface area contributed by atoms with Crippen LogP contribution in [-0.4, -0.2) is 56.6 Å². The fraction of sp³-hybridized carbons (Fsp3) is 0.293. The van der Waals surface area contributed by atoms with Crippen molar-refractivity contribution < 1.29 is 19.1 Å².